The van der Waals surface area contributed by atoms with Gasteiger partial charge >= 0.3 is 5.97 Å². The molecule has 0 aliphatic carbocycles. The standard InChI is InChI=1S/C7H9NO2S/c1-4-3-11-6(5(4)8)7(9)10-2/h1,3,8H2,2H3. The van der Waals surface area contributed by atoms with E-state index in [0.29, 0.717) is 16.4 Å². The van der Waals surface area contributed by atoms with Gasteiger partial charge in [-0.2, -0.15) is 0 Å². The third-order valence-corrected chi connectivity index (χ3v) is 2.56. The Balaban J connectivity index is 2.88. The first-order chi connectivity index (χ1) is 5.16. The normalized spacial score (nSPS) is 17.4. The van der Waals surface area contributed by atoms with Crippen LogP contribution in [0.5, 0.6) is 0 Å². The topological polar surface area (TPSA) is 52.3 Å². The lowest BCUT2D eigenvalue weighted by Crippen LogP contribution is -2.07. The molecule has 0 saturated carbocycles. The second-order valence-corrected chi connectivity index (χ2v) is 3.11. The van der Waals surface area contributed by atoms with Crippen LogP contribution in [0.15, 0.2) is 22.8 Å². The minimum Gasteiger partial charge on any atom is -0.465 e. The zero-order valence-corrected chi connectivity index (χ0v) is 7.03. The van der Waals surface area contributed by atoms with Gasteiger partial charge in [0.1, 0.15) is 4.91 Å². The molecule has 0 atom stereocenters. The van der Waals surface area contributed by atoms with E-state index in [1.807, 2.05) is 0 Å². The van der Waals surface area contributed by atoms with E-state index in [4.69, 9.17) is 5.73 Å². The highest BCUT2D eigenvalue weighted by Gasteiger charge is 2.22. The molecule has 2 N–H and O–H groups in total. The van der Waals surface area contributed by atoms with Crippen molar-refractivity contribution in [1.82, 2.24) is 0 Å². The molecular weight excluding hydrogens is 162 g/mol. The van der Waals surface area contributed by atoms with E-state index >= 15 is 0 Å². The van der Waals surface area contributed by atoms with Crippen molar-refractivity contribution in [3.63, 3.8) is 0 Å². The SMILES string of the molecule is C=C1CSC(C(=O)OC)=C1N. The van der Waals surface area contributed by atoms with Crippen molar-refractivity contribution in [2.24, 2.45) is 5.73 Å². The number of hydrogen-bond donors (Lipinski definition) is 1. The molecule has 11 heavy (non-hydrogen) atoms. The number of carbonyl (C=O) groups is 1. The summed E-state index contributed by atoms with van der Waals surface area (Å²) in [5, 5.41) is 0. The molecule has 1 heterocycles. The lowest BCUT2D eigenvalue weighted by atomic mass is 10.2. The van der Waals surface area contributed by atoms with Gasteiger partial charge in [-0.05, 0) is 5.57 Å². The number of methoxy groups -OCH3 is 1. The minimum absolute atomic E-state index is 0.369. The molecule has 3 nitrogen and oxygen atoms in total. The highest BCUT2D eigenvalue weighted by molar-refractivity contribution is 8.04. The van der Waals surface area contributed by atoms with Gasteiger partial charge in [0.15, 0.2) is 0 Å². The second-order valence-electron chi connectivity index (χ2n) is 2.13. The second kappa shape index (κ2) is 3.00. The van der Waals surface area contributed by atoms with Crippen molar-refractivity contribution in [2.75, 3.05) is 12.9 Å². The van der Waals surface area contributed by atoms with Crippen LogP contribution >= 0.6 is 11.8 Å². The number of carbonyl (C=O) groups excluding carboxylic acids is 1. The van der Waals surface area contributed by atoms with Crippen molar-refractivity contribution in [3.8, 4) is 0 Å². The molecule has 0 aromatic rings. The summed E-state index contributed by atoms with van der Waals surface area (Å²) in [6.07, 6.45) is 0. The third-order valence-electron chi connectivity index (χ3n) is 1.39. The van der Waals surface area contributed by atoms with Crippen LogP contribution in [0.1, 0.15) is 0 Å². The Morgan fingerprint density at radius 2 is 2.45 bits per heavy atom. The summed E-state index contributed by atoms with van der Waals surface area (Å²) in [6, 6.07) is 0. The van der Waals surface area contributed by atoms with Crippen LogP contribution in [-0.4, -0.2) is 18.8 Å². The zero-order valence-electron chi connectivity index (χ0n) is 6.22. The average molecular weight is 171 g/mol. The molecule has 1 rings (SSSR count). The number of esters is 1. The van der Waals surface area contributed by atoms with Crippen molar-refractivity contribution < 1.29 is 9.53 Å². The Labute approximate surface area is 69.3 Å². The van der Waals surface area contributed by atoms with Gasteiger partial charge in [0.25, 0.3) is 0 Å². The minimum atomic E-state index is -0.369. The Kier molecular flexibility index (Phi) is 2.24. The van der Waals surface area contributed by atoms with E-state index < -0.39 is 0 Å². The van der Waals surface area contributed by atoms with E-state index in [9.17, 15) is 4.79 Å². The molecule has 0 saturated heterocycles. The molecule has 0 spiro atoms. The first-order valence-electron chi connectivity index (χ1n) is 3.06. The molecule has 0 aromatic carbocycles. The molecule has 0 amide bonds. The maximum absolute atomic E-state index is 10.9. The number of hydrogen-bond acceptors (Lipinski definition) is 4. The van der Waals surface area contributed by atoms with Crippen molar-refractivity contribution >= 4 is 17.7 Å². The first-order valence-corrected chi connectivity index (χ1v) is 4.04. The number of allylic oxidation sites excluding steroid dienone is 1. The summed E-state index contributed by atoms with van der Waals surface area (Å²) in [5.41, 5.74) is 6.83. The van der Waals surface area contributed by atoms with Crippen LogP contribution in [-0.2, 0) is 9.53 Å². The van der Waals surface area contributed by atoms with Gasteiger partial charge in [-0.25, -0.2) is 4.79 Å². The molecule has 60 valence electrons. The fourth-order valence-corrected chi connectivity index (χ4v) is 1.71. The van der Waals surface area contributed by atoms with Crippen LogP contribution < -0.4 is 5.73 Å². The molecule has 4 heteroatoms. The predicted molar refractivity (Wildman–Crippen MR) is 44.8 cm³/mol. The Hall–Kier alpha value is -0.900. The Bertz CT molecular complexity index is 245. The zero-order chi connectivity index (χ0) is 8.43. The highest BCUT2D eigenvalue weighted by Crippen LogP contribution is 2.31. The van der Waals surface area contributed by atoms with E-state index in [1.54, 1.807) is 0 Å². The van der Waals surface area contributed by atoms with Gasteiger partial charge in [0.05, 0.1) is 12.8 Å². The third kappa shape index (κ3) is 1.40. The van der Waals surface area contributed by atoms with Crippen molar-refractivity contribution in [2.45, 2.75) is 0 Å². The molecule has 0 unspecified atom stereocenters. The van der Waals surface area contributed by atoms with Crippen LogP contribution in [0, 0.1) is 0 Å². The Morgan fingerprint density at radius 3 is 2.82 bits per heavy atom. The van der Waals surface area contributed by atoms with Gasteiger partial charge in [-0.1, -0.05) is 6.58 Å². The van der Waals surface area contributed by atoms with E-state index in [-0.39, 0.29) is 5.97 Å². The van der Waals surface area contributed by atoms with Crippen molar-refractivity contribution in [1.29, 1.82) is 0 Å². The number of thioether (sulfide) groups is 1. The van der Waals surface area contributed by atoms with Crippen LogP contribution in [0.3, 0.4) is 0 Å². The van der Waals surface area contributed by atoms with E-state index in [2.05, 4.69) is 11.3 Å². The summed E-state index contributed by atoms with van der Waals surface area (Å²) in [4.78, 5) is 11.4. The summed E-state index contributed by atoms with van der Waals surface area (Å²) < 4.78 is 4.51. The smallest absolute Gasteiger partial charge is 0.346 e. The number of nitrogens with two attached hydrogens (primary N) is 1. The molecule has 0 bridgehead atoms. The monoisotopic (exact) mass is 171 g/mol. The predicted octanol–water partition coefficient (Wildman–Crippen LogP) is 0.633. The maximum Gasteiger partial charge on any atom is 0.346 e. The quantitative estimate of drug-likeness (QED) is 0.588. The summed E-state index contributed by atoms with van der Waals surface area (Å²) in [7, 11) is 1.34. The lowest BCUT2D eigenvalue weighted by Gasteiger charge is -1.98. The van der Waals surface area contributed by atoms with Gasteiger partial charge in [-0.15, -0.1) is 11.8 Å². The van der Waals surface area contributed by atoms with Gasteiger partial charge < -0.3 is 10.5 Å². The highest BCUT2D eigenvalue weighted by atomic mass is 32.2. The summed E-state index contributed by atoms with van der Waals surface area (Å²) in [5.74, 6) is 0.321. The lowest BCUT2D eigenvalue weighted by molar-refractivity contribution is -0.135. The fraction of sp³-hybridized carbons (Fsp3) is 0.286. The maximum atomic E-state index is 10.9. The summed E-state index contributed by atoms with van der Waals surface area (Å²) >= 11 is 1.37. The first kappa shape index (κ1) is 8.20. The number of ether oxygens (including phenoxy) is 1. The van der Waals surface area contributed by atoms with Gasteiger partial charge in [-0.3, -0.25) is 0 Å². The van der Waals surface area contributed by atoms with Crippen LogP contribution in [0.4, 0.5) is 0 Å². The average Bonchev–Trinajstić information content (AvgIpc) is 2.32. The molecular formula is C7H9NO2S. The molecule has 1 aliphatic heterocycles. The summed E-state index contributed by atoms with van der Waals surface area (Å²) in [6.45, 7) is 3.69. The molecule has 1 aliphatic rings. The van der Waals surface area contributed by atoms with E-state index in [0.717, 1.165) is 5.57 Å². The van der Waals surface area contributed by atoms with Crippen LogP contribution in [0.25, 0.3) is 0 Å². The molecule has 0 fully saturated rings. The van der Waals surface area contributed by atoms with Crippen molar-refractivity contribution in [3.05, 3.63) is 22.8 Å². The Morgan fingerprint density at radius 1 is 1.82 bits per heavy atom. The van der Waals surface area contributed by atoms with E-state index in [1.165, 1.54) is 18.9 Å². The fourth-order valence-electron chi connectivity index (χ4n) is 0.737. The van der Waals surface area contributed by atoms with Crippen LogP contribution in [0.2, 0.25) is 0 Å². The number of rotatable bonds is 1. The van der Waals surface area contributed by atoms with Gasteiger partial charge in [0, 0.05) is 5.75 Å². The molecule has 0 radical (unpaired) electrons. The molecule has 0 aromatic heterocycles. The largest absolute Gasteiger partial charge is 0.465 e. The van der Waals surface area contributed by atoms with Gasteiger partial charge in [0.2, 0.25) is 0 Å².